The molecule has 1 fully saturated rings. The first-order valence-electron chi connectivity index (χ1n) is 7.19. The molecule has 0 radical (unpaired) electrons. The second-order valence-electron chi connectivity index (χ2n) is 5.58. The van der Waals surface area contributed by atoms with Crippen molar-refractivity contribution in [2.45, 2.75) is 32.1 Å². The molecule has 2 heterocycles. The Kier molecular flexibility index (Phi) is 3.87. The largest absolute Gasteiger partial charge is 0.265 e. The predicted molar refractivity (Wildman–Crippen MR) is 76.7 cm³/mol. The van der Waals surface area contributed by atoms with E-state index in [0.717, 1.165) is 18.3 Å². The standard InChI is InChI=1S/C17H20N2/c1-4-16(5-1)17(11-14-6-9-18-10-7-14)12-15-3-2-8-19-13-15/h2-3,6-10,13,16-17H,1,4-5,11-12H2. The minimum Gasteiger partial charge on any atom is -0.265 e. The number of hydrogen-bond donors (Lipinski definition) is 0. The molecule has 0 N–H and O–H groups in total. The maximum Gasteiger partial charge on any atom is 0.0299 e. The lowest BCUT2D eigenvalue weighted by Crippen LogP contribution is -2.25. The van der Waals surface area contributed by atoms with Gasteiger partial charge in [0.15, 0.2) is 0 Å². The lowest BCUT2D eigenvalue weighted by atomic mass is 9.71. The summed E-state index contributed by atoms with van der Waals surface area (Å²) in [5.74, 6) is 1.65. The molecule has 0 bridgehead atoms. The van der Waals surface area contributed by atoms with Crippen LogP contribution in [0.3, 0.4) is 0 Å². The Morgan fingerprint density at radius 2 is 1.74 bits per heavy atom. The lowest BCUT2D eigenvalue weighted by molar-refractivity contribution is 0.203. The van der Waals surface area contributed by atoms with Gasteiger partial charge in [0.25, 0.3) is 0 Å². The summed E-state index contributed by atoms with van der Waals surface area (Å²) in [6, 6.07) is 8.54. The van der Waals surface area contributed by atoms with E-state index in [1.54, 1.807) is 0 Å². The fourth-order valence-electron chi connectivity index (χ4n) is 2.96. The first kappa shape index (κ1) is 12.3. The SMILES string of the molecule is c1cncc(CC(Cc2ccncc2)C2CCC2)c1. The van der Waals surface area contributed by atoms with Crippen LogP contribution in [-0.2, 0) is 12.8 Å². The summed E-state index contributed by atoms with van der Waals surface area (Å²) in [6.45, 7) is 0. The molecule has 2 heteroatoms. The molecular weight excluding hydrogens is 232 g/mol. The van der Waals surface area contributed by atoms with Crippen LogP contribution in [0.2, 0.25) is 0 Å². The van der Waals surface area contributed by atoms with Gasteiger partial charge in [-0.1, -0.05) is 25.3 Å². The normalized spacial score (nSPS) is 16.8. The number of pyridine rings is 2. The Hall–Kier alpha value is -1.70. The van der Waals surface area contributed by atoms with Crippen molar-refractivity contribution < 1.29 is 0 Å². The smallest absolute Gasteiger partial charge is 0.0299 e. The maximum atomic E-state index is 4.24. The molecule has 98 valence electrons. The minimum atomic E-state index is 0.750. The molecule has 2 aromatic heterocycles. The summed E-state index contributed by atoms with van der Waals surface area (Å²) < 4.78 is 0. The van der Waals surface area contributed by atoms with Gasteiger partial charge in [0.05, 0.1) is 0 Å². The third kappa shape index (κ3) is 3.19. The van der Waals surface area contributed by atoms with Gasteiger partial charge in [-0.3, -0.25) is 9.97 Å². The first-order chi connectivity index (χ1) is 9.42. The highest BCUT2D eigenvalue weighted by molar-refractivity contribution is 5.14. The maximum absolute atomic E-state index is 4.24. The summed E-state index contributed by atoms with van der Waals surface area (Å²) in [4.78, 5) is 8.34. The van der Waals surface area contributed by atoms with Gasteiger partial charge in [-0.15, -0.1) is 0 Å². The summed E-state index contributed by atoms with van der Waals surface area (Å²) >= 11 is 0. The second kappa shape index (κ2) is 5.96. The van der Waals surface area contributed by atoms with Gasteiger partial charge >= 0.3 is 0 Å². The topological polar surface area (TPSA) is 25.8 Å². The fraction of sp³-hybridized carbons (Fsp3) is 0.412. The number of aromatic nitrogens is 2. The highest BCUT2D eigenvalue weighted by atomic mass is 14.6. The molecule has 1 aliphatic rings. The zero-order valence-electron chi connectivity index (χ0n) is 11.2. The molecule has 0 aromatic carbocycles. The van der Waals surface area contributed by atoms with Gasteiger partial charge in [-0.05, 0) is 54.0 Å². The Balaban J connectivity index is 1.71. The van der Waals surface area contributed by atoms with Crippen molar-refractivity contribution in [2.24, 2.45) is 11.8 Å². The third-order valence-corrected chi connectivity index (χ3v) is 4.28. The average molecular weight is 252 g/mol. The van der Waals surface area contributed by atoms with Gasteiger partial charge < -0.3 is 0 Å². The summed E-state index contributed by atoms with van der Waals surface area (Å²) in [6.07, 6.45) is 14.2. The van der Waals surface area contributed by atoms with Crippen LogP contribution < -0.4 is 0 Å². The van der Waals surface area contributed by atoms with Gasteiger partial charge in [0, 0.05) is 24.8 Å². The van der Waals surface area contributed by atoms with Gasteiger partial charge in [0.2, 0.25) is 0 Å². The zero-order valence-corrected chi connectivity index (χ0v) is 11.2. The molecule has 0 saturated heterocycles. The van der Waals surface area contributed by atoms with E-state index in [2.05, 4.69) is 28.2 Å². The molecule has 1 atom stereocenters. The monoisotopic (exact) mass is 252 g/mol. The zero-order chi connectivity index (χ0) is 12.9. The molecule has 0 spiro atoms. The van der Waals surface area contributed by atoms with E-state index < -0.39 is 0 Å². The Bertz CT molecular complexity index is 450. The molecule has 1 saturated carbocycles. The van der Waals surface area contributed by atoms with E-state index in [1.807, 2.05) is 30.9 Å². The molecule has 2 nitrogen and oxygen atoms in total. The van der Waals surface area contributed by atoms with Crippen molar-refractivity contribution in [2.75, 3.05) is 0 Å². The van der Waals surface area contributed by atoms with Crippen LogP contribution in [0.15, 0.2) is 49.1 Å². The van der Waals surface area contributed by atoms with Crippen molar-refractivity contribution in [1.82, 2.24) is 9.97 Å². The molecule has 0 aliphatic heterocycles. The minimum absolute atomic E-state index is 0.750. The molecule has 19 heavy (non-hydrogen) atoms. The van der Waals surface area contributed by atoms with E-state index >= 15 is 0 Å². The first-order valence-corrected chi connectivity index (χ1v) is 7.19. The summed E-state index contributed by atoms with van der Waals surface area (Å²) in [5, 5.41) is 0. The van der Waals surface area contributed by atoms with Crippen LogP contribution in [0.25, 0.3) is 0 Å². The number of rotatable bonds is 5. The van der Waals surface area contributed by atoms with E-state index in [9.17, 15) is 0 Å². The van der Waals surface area contributed by atoms with Crippen molar-refractivity contribution >= 4 is 0 Å². The highest BCUT2D eigenvalue weighted by Gasteiger charge is 2.27. The molecule has 1 aliphatic carbocycles. The predicted octanol–water partition coefficient (Wildman–Crippen LogP) is 3.68. The summed E-state index contributed by atoms with van der Waals surface area (Å²) in [5.41, 5.74) is 2.78. The highest BCUT2D eigenvalue weighted by Crippen LogP contribution is 2.36. The third-order valence-electron chi connectivity index (χ3n) is 4.28. The van der Waals surface area contributed by atoms with Crippen LogP contribution >= 0.6 is 0 Å². The fourth-order valence-corrected chi connectivity index (χ4v) is 2.96. The quantitative estimate of drug-likeness (QED) is 0.811. The number of hydrogen-bond acceptors (Lipinski definition) is 2. The van der Waals surface area contributed by atoms with E-state index in [-0.39, 0.29) is 0 Å². The molecule has 0 amide bonds. The van der Waals surface area contributed by atoms with Crippen LogP contribution in [-0.4, -0.2) is 9.97 Å². The van der Waals surface area contributed by atoms with Crippen LogP contribution in [0.1, 0.15) is 30.4 Å². The van der Waals surface area contributed by atoms with Crippen LogP contribution in [0.4, 0.5) is 0 Å². The van der Waals surface area contributed by atoms with Crippen molar-refractivity contribution in [3.63, 3.8) is 0 Å². The van der Waals surface area contributed by atoms with Gasteiger partial charge in [0.1, 0.15) is 0 Å². The average Bonchev–Trinajstić information content (AvgIpc) is 2.39. The van der Waals surface area contributed by atoms with Crippen LogP contribution in [0, 0.1) is 11.8 Å². The second-order valence-corrected chi connectivity index (χ2v) is 5.58. The molecule has 2 aromatic rings. The van der Waals surface area contributed by atoms with Gasteiger partial charge in [-0.25, -0.2) is 0 Å². The van der Waals surface area contributed by atoms with Crippen molar-refractivity contribution in [3.8, 4) is 0 Å². The Morgan fingerprint density at radius 3 is 2.37 bits per heavy atom. The number of nitrogens with zero attached hydrogens (tertiary/aromatic N) is 2. The van der Waals surface area contributed by atoms with Crippen molar-refractivity contribution in [3.05, 3.63) is 60.2 Å². The summed E-state index contributed by atoms with van der Waals surface area (Å²) in [7, 11) is 0. The van der Waals surface area contributed by atoms with E-state index in [1.165, 1.54) is 36.8 Å². The Morgan fingerprint density at radius 1 is 0.947 bits per heavy atom. The van der Waals surface area contributed by atoms with Crippen molar-refractivity contribution in [1.29, 1.82) is 0 Å². The molecular formula is C17H20N2. The lowest BCUT2D eigenvalue weighted by Gasteiger charge is -2.34. The van der Waals surface area contributed by atoms with Gasteiger partial charge in [-0.2, -0.15) is 0 Å². The molecule has 1 unspecified atom stereocenters. The van der Waals surface area contributed by atoms with E-state index in [0.29, 0.717) is 0 Å². The van der Waals surface area contributed by atoms with E-state index in [4.69, 9.17) is 0 Å². The Labute approximate surface area is 114 Å². The van der Waals surface area contributed by atoms with Crippen LogP contribution in [0.5, 0.6) is 0 Å². The molecule has 3 rings (SSSR count).